The minimum atomic E-state index is 0.129. The molecule has 1 aliphatic carbocycles. The molecule has 7 heteroatoms. The minimum Gasteiger partial charge on any atom is -0.371 e. The van der Waals surface area contributed by atoms with E-state index >= 15 is 0 Å². The second-order valence-corrected chi connectivity index (χ2v) is 9.91. The Hall–Kier alpha value is -2.73. The zero-order valence-corrected chi connectivity index (χ0v) is 19.9. The van der Waals surface area contributed by atoms with Crippen molar-refractivity contribution in [2.24, 2.45) is 11.8 Å². The molecule has 1 unspecified atom stereocenters. The lowest BCUT2D eigenvalue weighted by Crippen LogP contribution is -2.35. The number of rotatable bonds is 6. The van der Waals surface area contributed by atoms with Gasteiger partial charge in [0.15, 0.2) is 0 Å². The molecule has 0 bridgehead atoms. The van der Waals surface area contributed by atoms with Crippen LogP contribution < -0.4 is 15.5 Å². The quantitative estimate of drug-likeness (QED) is 0.417. The van der Waals surface area contributed by atoms with Crippen LogP contribution in [0.5, 0.6) is 0 Å². The summed E-state index contributed by atoms with van der Waals surface area (Å²) in [6.45, 7) is 4.90. The lowest BCUT2D eigenvalue weighted by Gasteiger charge is -2.27. The molecule has 2 heterocycles. The number of carbonyl (C=O) groups excluding carboxylic acids is 1. The fourth-order valence-electron chi connectivity index (χ4n) is 5.16. The van der Waals surface area contributed by atoms with Gasteiger partial charge in [-0.05, 0) is 67.5 Å². The molecule has 1 aromatic heterocycles. The molecule has 2 aromatic carbocycles. The lowest BCUT2D eigenvalue weighted by molar-refractivity contribution is -0.127. The molecule has 1 amide bonds. The monoisotopic (exact) mass is 465 g/mol. The predicted molar refractivity (Wildman–Crippen MR) is 135 cm³/mol. The molecule has 33 heavy (non-hydrogen) atoms. The summed E-state index contributed by atoms with van der Waals surface area (Å²) in [4.78, 5) is 23.2. The number of imidazole rings is 1. The molecule has 2 fully saturated rings. The number of hydrogen-bond acceptors (Lipinski definition) is 4. The molecule has 3 aromatic rings. The van der Waals surface area contributed by atoms with E-state index in [0.29, 0.717) is 23.4 Å². The van der Waals surface area contributed by atoms with Crippen LogP contribution in [0.15, 0.2) is 36.4 Å². The van der Waals surface area contributed by atoms with Crippen molar-refractivity contribution in [2.45, 2.75) is 52.0 Å². The summed E-state index contributed by atoms with van der Waals surface area (Å²) in [5.41, 5.74) is 4.92. The Kier molecular flexibility index (Phi) is 6.45. The minimum absolute atomic E-state index is 0.129. The van der Waals surface area contributed by atoms with Gasteiger partial charge in [-0.3, -0.25) is 4.79 Å². The molecule has 6 nitrogen and oxygen atoms in total. The molecule has 1 saturated heterocycles. The Morgan fingerprint density at radius 1 is 1.12 bits per heavy atom. The normalized spacial score (nSPS) is 20.8. The highest BCUT2D eigenvalue weighted by atomic mass is 35.5. The summed E-state index contributed by atoms with van der Waals surface area (Å²) in [7, 11) is 0. The van der Waals surface area contributed by atoms with Gasteiger partial charge in [-0.1, -0.05) is 37.4 Å². The fraction of sp³-hybridized carbons (Fsp3) is 0.462. The summed E-state index contributed by atoms with van der Waals surface area (Å²) in [6.07, 6.45) is 7.02. The van der Waals surface area contributed by atoms with Crippen LogP contribution in [0.2, 0.25) is 5.02 Å². The molecule has 0 radical (unpaired) electrons. The first-order valence-corrected chi connectivity index (χ1v) is 12.5. The first-order chi connectivity index (χ1) is 16.1. The molecular formula is C26H32ClN5O. The topological polar surface area (TPSA) is 73.1 Å². The maximum Gasteiger partial charge on any atom is 0.223 e. The number of aromatic amines is 1. The van der Waals surface area contributed by atoms with Gasteiger partial charge in [-0.2, -0.15) is 0 Å². The number of hydrogen-bond donors (Lipinski definition) is 3. The van der Waals surface area contributed by atoms with E-state index in [2.05, 4.69) is 45.6 Å². The average molecular weight is 466 g/mol. The Morgan fingerprint density at radius 2 is 1.94 bits per heavy atom. The van der Waals surface area contributed by atoms with Crippen LogP contribution in [0.1, 0.15) is 51.0 Å². The summed E-state index contributed by atoms with van der Waals surface area (Å²) in [6, 6.07) is 12.2. The highest BCUT2D eigenvalue weighted by Gasteiger charge is 2.27. The van der Waals surface area contributed by atoms with Gasteiger partial charge in [0.05, 0.1) is 21.7 Å². The van der Waals surface area contributed by atoms with Gasteiger partial charge in [0.2, 0.25) is 11.9 Å². The first kappa shape index (κ1) is 22.1. The van der Waals surface area contributed by atoms with E-state index in [1.54, 1.807) is 0 Å². The van der Waals surface area contributed by atoms with Crippen molar-refractivity contribution >= 4 is 45.9 Å². The van der Waals surface area contributed by atoms with Crippen LogP contribution in [-0.2, 0) is 11.3 Å². The van der Waals surface area contributed by atoms with Crippen LogP contribution in [0, 0.1) is 11.8 Å². The standard InChI is InChI=1S/C26H32ClN5O/c1-17-6-2-3-7-20(17)25(33)28-16-18-8-10-21(27)23(14-18)30-26-29-22-11-9-19(15-24(22)31-26)32-12-4-5-13-32/h8-11,14-15,17,20H,2-7,12-13,16H2,1H3,(H,28,33)(H2,29,30,31)/t17?,20-/m1/s1. The van der Waals surface area contributed by atoms with Gasteiger partial charge in [0.25, 0.3) is 0 Å². The number of nitrogens with zero attached hydrogens (tertiary/aromatic N) is 2. The third kappa shape index (κ3) is 4.96. The van der Waals surface area contributed by atoms with Gasteiger partial charge < -0.3 is 20.5 Å². The van der Waals surface area contributed by atoms with E-state index in [-0.39, 0.29) is 11.8 Å². The van der Waals surface area contributed by atoms with Crippen LogP contribution in [-0.4, -0.2) is 29.0 Å². The van der Waals surface area contributed by atoms with E-state index < -0.39 is 0 Å². The average Bonchev–Trinajstić information content (AvgIpc) is 3.49. The molecule has 1 saturated carbocycles. The number of amides is 1. The lowest BCUT2D eigenvalue weighted by atomic mass is 9.80. The number of anilines is 3. The van der Waals surface area contributed by atoms with E-state index in [9.17, 15) is 4.79 Å². The molecule has 3 N–H and O–H groups in total. The van der Waals surface area contributed by atoms with Crippen LogP contribution in [0.4, 0.5) is 17.3 Å². The van der Waals surface area contributed by atoms with Gasteiger partial charge >= 0.3 is 0 Å². The maximum atomic E-state index is 12.7. The Balaban J connectivity index is 1.27. The van der Waals surface area contributed by atoms with Crippen molar-refractivity contribution in [1.29, 1.82) is 0 Å². The smallest absolute Gasteiger partial charge is 0.223 e. The number of fused-ring (bicyclic) bond motifs is 1. The molecule has 2 atom stereocenters. The summed E-state index contributed by atoms with van der Waals surface area (Å²) < 4.78 is 0. The number of nitrogens with one attached hydrogen (secondary N) is 3. The number of benzene rings is 2. The number of H-pyrrole nitrogens is 1. The fourth-order valence-corrected chi connectivity index (χ4v) is 5.32. The van der Waals surface area contributed by atoms with Gasteiger partial charge in [0.1, 0.15) is 0 Å². The molecular weight excluding hydrogens is 434 g/mol. The molecule has 0 spiro atoms. The Labute approximate surface area is 200 Å². The Morgan fingerprint density at radius 3 is 2.76 bits per heavy atom. The third-order valence-corrected chi connectivity index (χ3v) is 7.47. The van der Waals surface area contributed by atoms with Crippen molar-refractivity contribution in [1.82, 2.24) is 15.3 Å². The molecule has 5 rings (SSSR count). The van der Waals surface area contributed by atoms with Crippen LogP contribution >= 0.6 is 11.6 Å². The highest BCUT2D eigenvalue weighted by molar-refractivity contribution is 6.33. The Bertz CT molecular complexity index is 1140. The summed E-state index contributed by atoms with van der Waals surface area (Å²) in [5.74, 6) is 1.41. The molecule has 1 aliphatic heterocycles. The maximum absolute atomic E-state index is 12.7. The summed E-state index contributed by atoms with van der Waals surface area (Å²) in [5, 5.41) is 7.07. The molecule has 2 aliphatic rings. The zero-order chi connectivity index (χ0) is 22.8. The van der Waals surface area contributed by atoms with E-state index in [0.717, 1.165) is 54.6 Å². The van der Waals surface area contributed by atoms with Crippen LogP contribution in [0.3, 0.4) is 0 Å². The van der Waals surface area contributed by atoms with Gasteiger partial charge in [0, 0.05) is 31.2 Å². The molecule has 174 valence electrons. The van der Waals surface area contributed by atoms with E-state index in [1.807, 2.05) is 18.2 Å². The first-order valence-electron chi connectivity index (χ1n) is 12.1. The van der Waals surface area contributed by atoms with Crippen molar-refractivity contribution in [3.63, 3.8) is 0 Å². The second kappa shape index (κ2) is 9.64. The third-order valence-electron chi connectivity index (χ3n) is 7.14. The predicted octanol–water partition coefficient (Wildman–Crippen LogP) is 6.00. The van der Waals surface area contributed by atoms with E-state index in [1.165, 1.54) is 24.9 Å². The van der Waals surface area contributed by atoms with Gasteiger partial charge in [-0.15, -0.1) is 0 Å². The van der Waals surface area contributed by atoms with Crippen molar-refractivity contribution in [3.8, 4) is 0 Å². The van der Waals surface area contributed by atoms with Crippen molar-refractivity contribution in [3.05, 3.63) is 47.0 Å². The zero-order valence-electron chi connectivity index (χ0n) is 19.2. The largest absolute Gasteiger partial charge is 0.371 e. The van der Waals surface area contributed by atoms with Crippen molar-refractivity contribution < 1.29 is 4.79 Å². The van der Waals surface area contributed by atoms with E-state index in [4.69, 9.17) is 16.6 Å². The second-order valence-electron chi connectivity index (χ2n) is 9.51. The number of aromatic nitrogens is 2. The summed E-state index contributed by atoms with van der Waals surface area (Å²) >= 11 is 6.46. The number of halogens is 1. The number of carbonyl (C=O) groups is 1. The van der Waals surface area contributed by atoms with Crippen molar-refractivity contribution in [2.75, 3.05) is 23.3 Å². The SMILES string of the molecule is CC1CCCC[C@H]1C(=O)NCc1ccc(Cl)c(Nc2nc3cc(N4CCCC4)ccc3[nH]2)c1. The van der Waals surface area contributed by atoms with Gasteiger partial charge in [-0.25, -0.2) is 4.98 Å². The highest BCUT2D eigenvalue weighted by Crippen LogP contribution is 2.31. The van der Waals surface area contributed by atoms with Crippen LogP contribution in [0.25, 0.3) is 11.0 Å².